The molecule has 0 saturated carbocycles. The average molecular weight is 350 g/mol. The molecule has 0 radical (unpaired) electrons. The van der Waals surface area contributed by atoms with Gasteiger partial charge in [0, 0.05) is 22.4 Å². The Morgan fingerprint density at radius 3 is 2.64 bits per heavy atom. The summed E-state index contributed by atoms with van der Waals surface area (Å²) in [7, 11) is 0. The first-order chi connectivity index (χ1) is 10.8. The third-order valence-electron chi connectivity index (χ3n) is 3.54. The maximum atomic E-state index is 4.85. The third kappa shape index (κ3) is 2.22. The van der Waals surface area contributed by atoms with Crippen molar-refractivity contribution in [1.29, 1.82) is 0 Å². The van der Waals surface area contributed by atoms with Crippen LogP contribution in [0.25, 0.3) is 28.3 Å². The SMILES string of the molecule is Brc1cccc(-c2nc(-c3ccccn3)c3ccccn23)c1. The number of fused-ring (bicyclic) bond motifs is 1. The highest BCUT2D eigenvalue weighted by atomic mass is 79.9. The molecule has 0 aliphatic rings. The normalized spacial score (nSPS) is 11.0. The number of halogens is 1. The number of hydrogen-bond acceptors (Lipinski definition) is 2. The first-order valence-electron chi connectivity index (χ1n) is 6.97. The molecule has 4 heteroatoms. The van der Waals surface area contributed by atoms with Gasteiger partial charge in [-0.2, -0.15) is 0 Å². The fourth-order valence-electron chi connectivity index (χ4n) is 2.56. The van der Waals surface area contributed by atoms with E-state index in [1.165, 1.54) is 0 Å². The van der Waals surface area contributed by atoms with Crippen LogP contribution in [0.1, 0.15) is 0 Å². The van der Waals surface area contributed by atoms with Crippen LogP contribution in [0, 0.1) is 0 Å². The van der Waals surface area contributed by atoms with Crippen molar-refractivity contribution in [1.82, 2.24) is 14.4 Å². The molecule has 0 atom stereocenters. The molecule has 0 aliphatic heterocycles. The largest absolute Gasteiger partial charge is 0.299 e. The van der Waals surface area contributed by atoms with Gasteiger partial charge in [-0.25, -0.2) is 4.98 Å². The Balaban J connectivity index is 2.01. The second-order valence-corrected chi connectivity index (χ2v) is 5.88. The minimum absolute atomic E-state index is 0.882. The van der Waals surface area contributed by atoms with Crippen LogP contribution in [0.4, 0.5) is 0 Å². The van der Waals surface area contributed by atoms with Crippen molar-refractivity contribution in [2.45, 2.75) is 0 Å². The maximum absolute atomic E-state index is 4.85. The Hall–Kier alpha value is -2.46. The standard InChI is InChI=1S/C18H12BrN3/c19-14-7-5-6-13(12-14)18-21-17(15-8-1-3-10-20-15)16-9-2-4-11-22(16)18/h1-12H. The van der Waals surface area contributed by atoms with Gasteiger partial charge in [0.1, 0.15) is 11.5 Å². The summed E-state index contributed by atoms with van der Waals surface area (Å²) < 4.78 is 3.14. The Morgan fingerprint density at radius 2 is 1.82 bits per heavy atom. The number of hydrogen-bond donors (Lipinski definition) is 0. The van der Waals surface area contributed by atoms with Crippen LogP contribution in [0.3, 0.4) is 0 Å². The smallest absolute Gasteiger partial charge is 0.145 e. The zero-order valence-electron chi connectivity index (χ0n) is 11.6. The lowest BCUT2D eigenvalue weighted by atomic mass is 10.2. The predicted molar refractivity (Wildman–Crippen MR) is 91.6 cm³/mol. The van der Waals surface area contributed by atoms with E-state index in [0.29, 0.717) is 0 Å². The lowest BCUT2D eigenvalue weighted by Crippen LogP contribution is -1.88. The van der Waals surface area contributed by atoms with Crippen LogP contribution in [-0.4, -0.2) is 14.4 Å². The zero-order valence-corrected chi connectivity index (χ0v) is 13.2. The summed E-state index contributed by atoms with van der Waals surface area (Å²) in [5.41, 5.74) is 3.90. The summed E-state index contributed by atoms with van der Waals surface area (Å²) in [4.78, 5) is 9.29. The van der Waals surface area contributed by atoms with Gasteiger partial charge in [-0.1, -0.05) is 40.2 Å². The number of nitrogens with zero attached hydrogens (tertiary/aromatic N) is 3. The fourth-order valence-corrected chi connectivity index (χ4v) is 2.96. The molecule has 4 aromatic rings. The highest BCUT2D eigenvalue weighted by Gasteiger charge is 2.14. The third-order valence-corrected chi connectivity index (χ3v) is 4.03. The second-order valence-electron chi connectivity index (χ2n) is 4.97. The van der Waals surface area contributed by atoms with E-state index in [2.05, 4.69) is 43.5 Å². The highest BCUT2D eigenvalue weighted by Crippen LogP contribution is 2.29. The van der Waals surface area contributed by atoms with Gasteiger partial charge in [-0.3, -0.25) is 9.38 Å². The van der Waals surface area contributed by atoms with E-state index in [1.807, 2.05) is 48.7 Å². The molecule has 1 aromatic carbocycles. The Morgan fingerprint density at radius 1 is 0.909 bits per heavy atom. The molecule has 0 bridgehead atoms. The van der Waals surface area contributed by atoms with Gasteiger partial charge in [0.25, 0.3) is 0 Å². The lowest BCUT2D eigenvalue weighted by molar-refractivity contribution is 1.16. The van der Waals surface area contributed by atoms with Crippen molar-refractivity contribution in [3.63, 3.8) is 0 Å². The van der Waals surface area contributed by atoms with Crippen molar-refractivity contribution in [2.24, 2.45) is 0 Å². The summed E-state index contributed by atoms with van der Waals surface area (Å²) >= 11 is 3.53. The van der Waals surface area contributed by atoms with Crippen molar-refractivity contribution in [3.05, 3.63) is 77.5 Å². The van der Waals surface area contributed by atoms with E-state index in [1.54, 1.807) is 6.20 Å². The van der Waals surface area contributed by atoms with Crippen LogP contribution < -0.4 is 0 Å². The second kappa shape index (κ2) is 5.39. The molecule has 0 aliphatic carbocycles. The molecular formula is C18H12BrN3. The number of benzene rings is 1. The first kappa shape index (κ1) is 13.2. The topological polar surface area (TPSA) is 30.2 Å². The number of rotatable bonds is 2. The molecule has 0 fully saturated rings. The van der Waals surface area contributed by atoms with E-state index in [0.717, 1.165) is 32.8 Å². The molecular weight excluding hydrogens is 338 g/mol. The van der Waals surface area contributed by atoms with E-state index in [4.69, 9.17) is 4.98 Å². The van der Waals surface area contributed by atoms with Crippen molar-refractivity contribution in [2.75, 3.05) is 0 Å². The molecule has 0 amide bonds. The quantitative estimate of drug-likeness (QED) is 0.519. The molecule has 4 rings (SSSR count). The lowest BCUT2D eigenvalue weighted by Gasteiger charge is -2.01. The molecule has 0 spiro atoms. The molecule has 106 valence electrons. The van der Waals surface area contributed by atoms with Crippen LogP contribution in [-0.2, 0) is 0 Å². The fraction of sp³-hybridized carbons (Fsp3) is 0. The monoisotopic (exact) mass is 349 g/mol. The van der Waals surface area contributed by atoms with Crippen LogP contribution in [0.2, 0.25) is 0 Å². The van der Waals surface area contributed by atoms with Crippen LogP contribution in [0.15, 0.2) is 77.5 Å². The number of imidazole rings is 1. The molecule has 3 heterocycles. The van der Waals surface area contributed by atoms with E-state index < -0.39 is 0 Å². The maximum Gasteiger partial charge on any atom is 0.145 e. The number of aromatic nitrogens is 3. The van der Waals surface area contributed by atoms with Crippen molar-refractivity contribution >= 4 is 21.4 Å². The molecule has 0 unspecified atom stereocenters. The minimum Gasteiger partial charge on any atom is -0.299 e. The Kier molecular flexibility index (Phi) is 3.24. The first-order valence-corrected chi connectivity index (χ1v) is 7.77. The molecule has 22 heavy (non-hydrogen) atoms. The summed E-state index contributed by atoms with van der Waals surface area (Å²) in [5.74, 6) is 0.914. The minimum atomic E-state index is 0.882. The molecule has 0 N–H and O–H groups in total. The summed E-state index contributed by atoms with van der Waals surface area (Å²) in [6.45, 7) is 0. The van der Waals surface area contributed by atoms with Crippen LogP contribution in [0.5, 0.6) is 0 Å². The molecule has 3 nitrogen and oxygen atoms in total. The van der Waals surface area contributed by atoms with E-state index >= 15 is 0 Å². The van der Waals surface area contributed by atoms with Gasteiger partial charge in [-0.15, -0.1) is 0 Å². The van der Waals surface area contributed by atoms with Gasteiger partial charge in [0.15, 0.2) is 0 Å². The van der Waals surface area contributed by atoms with Crippen molar-refractivity contribution < 1.29 is 0 Å². The summed E-state index contributed by atoms with van der Waals surface area (Å²) in [6.07, 6.45) is 3.83. The average Bonchev–Trinajstić information content (AvgIpc) is 2.95. The summed E-state index contributed by atoms with van der Waals surface area (Å²) in [6, 6.07) is 20.2. The van der Waals surface area contributed by atoms with Crippen LogP contribution >= 0.6 is 15.9 Å². The Bertz CT molecular complexity index is 945. The van der Waals surface area contributed by atoms with E-state index in [9.17, 15) is 0 Å². The van der Waals surface area contributed by atoms with Gasteiger partial charge < -0.3 is 0 Å². The predicted octanol–water partition coefficient (Wildman–Crippen LogP) is 4.83. The summed E-state index contributed by atoms with van der Waals surface area (Å²) in [5, 5.41) is 0. The number of pyridine rings is 2. The van der Waals surface area contributed by atoms with Gasteiger partial charge in [0.2, 0.25) is 0 Å². The van der Waals surface area contributed by atoms with Crippen molar-refractivity contribution in [3.8, 4) is 22.8 Å². The molecule has 0 saturated heterocycles. The van der Waals surface area contributed by atoms with Gasteiger partial charge >= 0.3 is 0 Å². The van der Waals surface area contributed by atoms with E-state index in [-0.39, 0.29) is 0 Å². The zero-order chi connectivity index (χ0) is 14.9. The molecule has 3 aromatic heterocycles. The highest BCUT2D eigenvalue weighted by molar-refractivity contribution is 9.10. The van der Waals surface area contributed by atoms with Gasteiger partial charge in [0.05, 0.1) is 11.2 Å². The van der Waals surface area contributed by atoms with Gasteiger partial charge in [-0.05, 0) is 36.4 Å². The Labute approximate surface area is 136 Å².